The van der Waals surface area contributed by atoms with Gasteiger partial charge in [0.15, 0.2) is 6.61 Å². The van der Waals surface area contributed by atoms with Gasteiger partial charge in [-0.2, -0.15) is 0 Å². The van der Waals surface area contributed by atoms with Gasteiger partial charge in [0.1, 0.15) is 6.54 Å². The maximum absolute atomic E-state index is 11.9. The molecule has 0 unspecified atom stereocenters. The SMILES string of the molecule is Cc1cccc(C(=O)NCC(=O)OCC(=O)NC(=O)c2cccs2)c1. The summed E-state index contributed by atoms with van der Waals surface area (Å²) in [5, 5.41) is 6.21. The van der Waals surface area contributed by atoms with Gasteiger partial charge < -0.3 is 10.1 Å². The minimum atomic E-state index is -0.778. The Balaban J connectivity index is 1.70. The van der Waals surface area contributed by atoms with Crippen LogP contribution >= 0.6 is 11.3 Å². The summed E-state index contributed by atoms with van der Waals surface area (Å²) in [4.78, 5) is 47.0. The first-order valence-electron chi connectivity index (χ1n) is 7.34. The van der Waals surface area contributed by atoms with Gasteiger partial charge in [0, 0.05) is 5.56 Å². The molecule has 0 fully saturated rings. The molecule has 25 heavy (non-hydrogen) atoms. The van der Waals surface area contributed by atoms with Gasteiger partial charge in [0.2, 0.25) is 0 Å². The molecule has 3 amide bonds. The molecule has 0 aliphatic rings. The van der Waals surface area contributed by atoms with Crippen molar-refractivity contribution in [3.63, 3.8) is 0 Å². The molecule has 1 aromatic carbocycles. The molecule has 0 spiro atoms. The highest BCUT2D eigenvalue weighted by molar-refractivity contribution is 7.12. The van der Waals surface area contributed by atoms with Crippen LogP contribution in [0.5, 0.6) is 0 Å². The number of hydrogen-bond donors (Lipinski definition) is 2. The molecule has 0 aliphatic heterocycles. The number of thiophene rings is 1. The molecule has 0 atom stereocenters. The Morgan fingerprint density at radius 3 is 2.56 bits per heavy atom. The highest BCUT2D eigenvalue weighted by Gasteiger charge is 2.14. The van der Waals surface area contributed by atoms with E-state index in [0.717, 1.165) is 5.56 Å². The van der Waals surface area contributed by atoms with Crippen molar-refractivity contribution in [2.75, 3.05) is 13.2 Å². The number of rotatable bonds is 6. The summed E-state index contributed by atoms with van der Waals surface area (Å²) in [6, 6.07) is 10.1. The molecule has 0 saturated carbocycles. The van der Waals surface area contributed by atoms with Crippen LogP contribution in [-0.4, -0.2) is 36.8 Å². The van der Waals surface area contributed by atoms with Gasteiger partial charge in [-0.05, 0) is 30.5 Å². The lowest BCUT2D eigenvalue weighted by atomic mass is 10.1. The predicted molar refractivity (Wildman–Crippen MR) is 91.3 cm³/mol. The molecular formula is C17H16N2O5S. The van der Waals surface area contributed by atoms with Crippen molar-refractivity contribution in [3.05, 3.63) is 57.8 Å². The van der Waals surface area contributed by atoms with Crippen LogP contribution in [0.1, 0.15) is 25.6 Å². The molecule has 0 bridgehead atoms. The topological polar surface area (TPSA) is 102 Å². The monoisotopic (exact) mass is 360 g/mol. The highest BCUT2D eigenvalue weighted by Crippen LogP contribution is 2.07. The summed E-state index contributed by atoms with van der Waals surface area (Å²) in [5.74, 6) is -2.49. The second-order valence-electron chi connectivity index (χ2n) is 5.07. The van der Waals surface area contributed by atoms with E-state index in [-0.39, 0.29) is 6.54 Å². The Kier molecular flexibility index (Phi) is 6.41. The van der Waals surface area contributed by atoms with E-state index < -0.39 is 30.3 Å². The number of carbonyl (C=O) groups is 4. The maximum Gasteiger partial charge on any atom is 0.325 e. The van der Waals surface area contributed by atoms with E-state index in [4.69, 9.17) is 4.74 Å². The number of aryl methyl sites for hydroxylation is 1. The molecule has 2 aromatic rings. The van der Waals surface area contributed by atoms with Gasteiger partial charge >= 0.3 is 5.97 Å². The first-order valence-corrected chi connectivity index (χ1v) is 8.22. The molecule has 1 heterocycles. The molecule has 2 N–H and O–H groups in total. The van der Waals surface area contributed by atoms with Gasteiger partial charge in [0.25, 0.3) is 17.7 Å². The zero-order chi connectivity index (χ0) is 18.2. The second-order valence-corrected chi connectivity index (χ2v) is 6.02. The number of hydrogen-bond acceptors (Lipinski definition) is 6. The smallest absolute Gasteiger partial charge is 0.325 e. The van der Waals surface area contributed by atoms with E-state index >= 15 is 0 Å². The summed E-state index contributed by atoms with van der Waals surface area (Å²) < 4.78 is 4.72. The first-order chi connectivity index (χ1) is 12.0. The Morgan fingerprint density at radius 2 is 1.88 bits per heavy atom. The number of benzene rings is 1. The maximum atomic E-state index is 11.9. The average molecular weight is 360 g/mol. The molecule has 130 valence electrons. The predicted octanol–water partition coefficient (Wildman–Crippen LogP) is 1.29. The largest absolute Gasteiger partial charge is 0.454 e. The number of nitrogens with one attached hydrogen (secondary N) is 2. The summed E-state index contributed by atoms with van der Waals surface area (Å²) >= 11 is 1.19. The molecule has 0 aliphatic carbocycles. The number of imide groups is 1. The van der Waals surface area contributed by atoms with Crippen molar-refractivity contribution in [2.45, 2.75) is 6.92 Å². The summed E-state index contributed by atoms with van der Waals surface area (Å²) in [7, 11) is 0. The molecule has 7 nitrogen and oxygen atoms in total. The highest BCUT2D eigenvalue weighted by atomic mass is 32.1. The van der Waals surface area contributed by atoms with Gasteiger partial charge in [-0.1, -0.05) is 23.8 Å². The lowest BCUT2D eigenvalue weighted by Gasteiger charge is -2.07. The van der Waals surface area contributed by atoms with Crippen LogP contribution < -0.4 is 10.6 Å². The Bertz CT molecular complexity index is 786. The average Bonchev–Trinajstić information content (AvgIpc) is 3.12. The zero-order valence-corrected chi connectivity index (χ0v) is 14.2. The lowest BCUT2D eigenvalue weighted by molar-refractivity contribution is -0.147. The van der Waals surface area contributed by atoms with Crippen molar-refractivity contribution < 1.29 is 23.9 Å². The van der Waals surface area contributed by atoms with Crippen LogP contribution in [0.4, 0.5) is 0 Å². The second kappa shape index (κ2) is 8.74. The van der Waals surface area contributed by atoms with Crippen molar-refractivity contribution in [1.29, 1.82) is 0 Å². The minimum Gasteiger partial charge on any atom is -0.454 e. The fourth-order valence-corrected chi connectivity index (χ4v) is 2.49. The third kappa shape index (κ3) is 5.85. The van der Waals surface area contributed by atoms with Gasteiger partial charge in [-0.25, -0.2) is 0 Å². The fourth-order valence-electron chi connectivity index (χ4n) is 1.87. The normalized spacial score (nSPS) is 9.96. The molecule has 0 saturated heterocycles. The number of amides is 3. The minimum absolute atomic E-state index is 0.376. The van der Waals surface area contributed by atoms with Crippen molar-refractivity contribution in [2.24, 2.45) is 0 Å². The Labute approximate surface area is 148 Å². The van der Waals surface area contributed by atoms with Crippen LogP contribution in [0.2, 0.25) is 0 Å². The van der Waals surface area contributed by atoms with Crippen LogP contribution in [0.25, 0.3) is 0 Å². The van der Waals surface area contributed by atoms with Crippen LogP contribution in [0.15, 0.2) is 41.8 Å². The van der Waals surface area contributed by atoms with Crippen LogP contribution in [0, 0.1) is 6.92 Å². The van der Waals surface area contributed by atoms with Gasteiger partial charge in [0.05, 0.1) is 4.88 Å². The number of esters is 1. The van der Waals surface area contributed by atoms with Crippen molar-refractivity contribution >= 4 is 35.0 Å². The van der Waals surface area contributed by atoms with E-state index in [1.165, 1.54) is 11.3 Å². The molecule has 2 rings (SSSR count). The van der Waals surface area contributed by atoms with Crippen molar-refractivity contribution in [3.8, 4) is 0 Å². The lowest BCUT2D eigenvalue weighted by Crippen LogP contribution is -2.36. The Morgan fingerprint density at radius 1 is 1.08 bits per heavy atom. The number of carbonyl (C=O) groups excluding carboxylic acids is 4. The number of ether oxygens (including phenoxy) is 1. The third-order valence-electron chi connectivity index (χ3n) is 3.04. The molecule has 0 radical (unpaired) electrons. The summed E-state index contributed by atoms with van der Waals surface area (Å²) in [6.07, 6.45) is 0. The molecule has 8 heteroatoms. The summed E-state index contributed by atoms with van der Waals surface area (Å²) in [6.45, 7) is 0.871. The first kappa shape index (κ1) is 18.3. The van der Waals surface area contributed by atoms with E-state index in [2.05, 4.69) is 10.6 Å². The van der Waals surface area contributed by atoms with E-state index in [1.54, 1.807) is 35.7 Å². The standard InChI is InChI=1S/C17H16N2O5S/c1-11-4-2-5-12(8-11)16(22)18-9-15(21)24-10-14(20)19-17(23)13-6-3-7-25-13/h2-8H,9-10H2,1H3,(H,18,22)(H,19,20,23). The molecule has 1 aromatic heterocycles. The van der Waals surface area contributed by atoms with Crippen LogP contribution in [0.3, 0.4) is 0 Å². The zero-order valence-electron chi connectivity index (χ0n) is 13.4. The molecular weight excluding hydrogens is 344 g/mol. The van der Waals surface area contributed by atoms with Gasteiger partial charge in [-0.15, -0.1) is 11.3 Å². The van der Waals surface area contributed by atoms with E-state index in [0.29, 0.717) is 10.4 Å². The summed E-state index contributed by atoms with van der Waals surface area (Å²) in [5.41, 5.74) is 1.34. The van der Waals surface area contributed by atoms with Gasteiger partial charge in [-0.3, -0.25) is 24.5 Å². The third-order valence-corrected chi connectivity index (χ3v) is 3.90. The van der Waals surface area contributed by atoms with E-state index in [9.17, 15) is 19.2 Å². The van der Waals surface area contributed by atoms with Crippen molar-refractivity contribution in [1.82, 2.24) is 10.6 Å². The quantitative estimate of drug-likeness (QED) is 0.756. The van der Waals surface area contributed by atoms with E-state index in [1.807, 2.05) is 13.0 Å². The Hall–Kier alpha value is -3.00. The fraction of sp³-hybridized carbons (Fsp3) is 0.176. The van der Waals surface area contributed by atoms with Crippen LogP contribution in [-0.2, 0) is 14.3 Å².